The Hall–Kier alpha value is -0.610. The van der Waals surface area contributed by atoms with Crippen molar-refractivity contribution in [3.63, 3.8) is 0 Å². The van der Waals surface area contributed by atoms with Gasteiger partial charge >= 0.3 is 5.97 Å². The molecule has 0 aromatic carbocycles. The van der Waals surface area contributed by atoms with E-state index in [0.717, 1.165) is 32.4 Å². The molecular formula is C10H19NO3. The summed E-state index contributed by atoms with van der Waals surface area (Å²) < 4.78 is 0. The van der Waals surface area contributed by atoms with Crippen LogP contribution < -0.4 is 0 Å². The number of carboxylic acids is 1. The van der Waals surface area contributed by atoms with Crippen molar-refractivity contribution in [1.82, 2.24) is 4.90 Å². The number of likely N-dealkylation sites (tertiary alicyclic amines) is 1. The number of aliphatic hydroxyl groups is 1. The third-order valence-corrected chi connectivity index (χ3v) is 2.72. The monoisotopic (exact) mass is 201 g/mol. The molecule has 4 nitrogen and oxygen atoms in total. The van der Waals surface area contributed by atoms with Crippen LogP contribution in [0.3, 0.4) is 0 Å². The molecule has 0 saturated carbocycles. The summed E-state index contributed by atoms with van der Waals surface area (Å²) in [6.07, 6.45) is 2.18. The van der Waals surface area contributed by atoms with Crippen LogP contribution in [-0.2, 0) is 4.79 Å². The maximum absolute atomic E-state index is 10.8. The highest BCUT2D eigenvalue weighted by Crippen LogP contribution is 2.16. The fourth-order valence-electron chi connectivity index (χ4n) is 1.83. The molecule has 14 heavy (non-hydrogen) atoms. The van der Waals surface area contributed by atoms with Crippen LogP contribution >= 0.6 is 0 Å². The Morgan fingerprint density at radius 2 is 2.36 bits per heavy atom. The molecule has 0 spiro atoms. The predicted molar refractivity (Wildman–Crippen MR) is 53.1 cm³/mol. The van der Waals surface area contributed by atoms with Crippen molar-refractivity contribution < 1.29 is 15.0 Å². The van der Waals surface area contributed by atoms with Crippen molar-refractivity contribution in [3.8, 4) is 0 Å². The summed E-state index contributed by atoms with van der Waals surface area (Å²) in [7, 11) is 0. The molecule has 0 radical (unpaired) electrons. The van der Waals surface area contributed by atoms with Gasteiger partial charge in [0.25, 0.3) is 0 Å². The van der Waals surface area contributed by atoms with Crippen LogP contribution in [0, 0.1) is 5.92 Å². The molecule has 1 fully saturated rings. The van der Waals surface area contributed by atoms with Crippen molar-refractivity contribution in [2.75, 3.05) is 19.6 Å². The molecule has 1 aliphatic rings. The van der Waals surface area contributed by atoms with E-state index in [1.807, 2.05) is 0 Å². The topological polar surface area (TPSA) is 60.8 Å². The van der Waals surface area contributed by atoms with Crippen molar-refractivity contribution >= 4 is 5.97 Å². The van der Waals surface area contributed by atoms with E-state index in [0.29, 0.717) is 6.54 Å². The van der Waals surface area contributed by atoms with Gasteiger partial charge in [0.05, 0.1) is 12.0 Å². The zero-order valence-electron chi connectivity index (χ0n) is 8.65. The maximum Gasteiger partial charge on any atom is 0.307 e. The van der Waals surface area contributed by atoms with Gasteiger partial charge in [0.15, 0.2) is 0 Å². The molecule has 2 unspecified atom stereocenters. The van der Waals surface area contributed by atoms with Gasteiger partial charge in [0, 0.05) is 13.1 Å². The van der Waals surface area contributed by atoms with Crippen LogP contribution in [0.25, 0.3) is 0 Å². The van der Waals surface area contributed by atoms with Crippen molar-refractivity contribution in [2.24, 2.45) is 5.92 Å². The molecule has 2 N–H and O–H groups in total. The SMILES string of the molecule is CC(O)CCN1CCCC(C(=O)O)C1. The summed E-state index contributed by atoms with van der Waals surface area (Å²) in [6.45, 7) is 4.18. The van der Waals surface area contributed by atoms with Crippen LogP contribution in [0.2, 0.25) is 0 Å². The smallest absolute Gasteiger partial charge is 0.307 e. The minimum atomic E-state index is -0.688. The second-order valence-electron chi connectivity index (χ2n) is 4.12. The normalized spacial score (nSPS) is 26.0. The second kappa shape index (κ2) is 5.32. The summed E-state index contributed by atoms with van der Waals surface area (Å²) >= 11 is 0. The fourth-order valence-corrected chi connectivity index (χ4v) is 1.83. The molecular weight excluding hydrogens is 182 g/mol. The van der Waals surface area contributed by atoms with Gasteiger partial charge in [-0.1, -0.05) is 0 Å². The first-order chi connectivity index (χ1) is 6.59. The Kier molecular flexibility index (Phi) is 4.35. The molecule has 4 heteroatoms. The minimum absolute atomic E-state index is 0.210. The third-order valence-electron chi connectivity index (χ3n) is 2.72. The van der Waals surface area contributed by atoms with Gasteiger partial charge in [0.2, 0.25) is 0 Å². The Morgan fingerprint density at radius 1 is 1.64 bits per heavy atom. The molecule has 1 heterocycles. The summed E-state index contributed by atoms with van der Waals surface area (Å²) in [6, 6.07) is 0. The van der Waals surface area contributed by atoms with Crippen LogP contribution in [0.5, 0.6) is 0 Å². The van der Waals surface area contributed by atoms with Crippen LogP contribution in [0.1, 0.15) is 26.2 Å². The summed E-state index contributed by atoms with van der Waals surface area (Å²) in [5.74, 6) is -0.899. The highest BCUT2D eigenvalue weighted by atomic mass is 16.4. The number of aliphatic hydroxyl groups excluding tert-OH is 1. The van der Waals surface area contributed by atoms with Gasteiger partial charge in [-0.15, -0.1) is 0 Å². The summed E-state index contributed by atoms with van der Waals surface area (Å²) in [4.78, 5) is 12.9. The zero-order chi connectivity index (χ0) is 10.6. The van der Waals surface area contributed by atoms with E-state index in [1.165, 1.54) is 0 Å². The van der Waals surface area contributed by atoms with E-state index in [1.54, 1.807) is 6.92 Å². The Balaban J connectivity index is 2.29. The lowest BCUT2D eigenvalue weighted by atomic mass is 9.98. The molecule has 0 aliphatic carbocycles. The first kappa shape index (κ1) is 11.5. The standard InChI is InChI=1S/C10H19NO3/c1-8(12)4-6-11-5-2-3-9(7-11)10(13)14/h8-9,12H,2-7H2,1H3,(H,13,14). The molecule has 1 rings (SSSR count). The Morgan fingerprint density at radius 3 is 2.93 bits per heavy atom. The van der Waals surface area contributed by atoms with E-state index in [9.17, 15) is 4.79 Å². The molecule has 0 bridgehead atoms. The van der Waals surface area contributed by atoms with Gasteiger partial charge in [-0.2, -0.15) is 0 Å². The van der Waals surface area contributed by atoms with E-state index in [4.69, 9.17) is 10.2 Å². The van der Waals surface area contributed by atoms with Gasteiger partial charge < -0.3 is 15.1 Å². The molecule has 2 atom stereocenters. The minimum Gasteiger partial charge on any atom is -0.481 e. The lowest BCUT2D eigenvalue weighted by Gasteiger charge is -2.30. The lowest BCUT2D eigenvalue weighted by molar-refractivity contribution is -0.143. The molecule has 0 aromatic rings. The maximum atomic E-state index is 10.8. The number of aliphatic carboxylic acids is 1. The zero-order valence-corrected chi connectivity index (χ0v) is 8.65. The molecule has 0 amide bonds. The number of carbonyl (C=O) groups is 1. The molecule has 0 aromatic heterocycles. The van der Waals surface area contributed by atoms with Crippen molar-refractivity contribution in [3.05, 3.63) is 0 Å². The third kappa shape index (κ3) is 3.64. The number of nitrogens with zero attached hydrogens (tertiary/aromatic N) is 1. The average molecular weight is 201 g/mol. The van der Waals surface area contributed by atoms with Crippen molar-refractivity contribution in [2.45, 2.75) is 32.3 Å². The Bertz CT molecular complexity index is 194. The molecule has 82 valence electrons. The Labute approximate surface area is 84.5 Å². The van der Waals surface area contributed by atoms with Crippen LogP contribution in [0.4, 0.5) is 0 Å². The number of piperidine rings is 1. The number of hydrogen-bond donors (Lipinski definition) is 2. The molecule has 1 aliphatic heterocycles. The van der Waals surface area contributed by atoms with Gasteiger partial charge in [-0.3, -0.25) is 4.79 Å². The predicted octanol–water partition coefficient (Wildman–Crippen LogP) is 0.554. The van der Waals surface area contributed by atoms with Crippen LogP contribution in [0.15, 0.2) is 0 Å². The number of rotatable bonds is 4. The van der Waals surface area contributed by atoms with E-state index in [-0.39, 0.29) is 12.0 Å². The summed E-state index contributed by atoms with van der Waals surface area (Å²) in [5, 5.41) is 18.0. The average Bonchev–Trinajstić information content (AvgIpc) is 2.15. The highest BCUT2D eigenvalue weighted by Gasteiger charge is 2.24. The van der Waals surface area contributed by atoms with E-state index >= 15 is 0 Å². The quantitative estimate of drug-likeness (QED) is 0.697. The fraction of sp³-hybridized carbons (Fsp3) is 0.900. The largest absolute Gasteiger partial charge is 0.481 e. The first-order valence-electron chi connectivity index (χ1n) is 5.23. The van der Waals surface area contributed by atoms with Gasteiger partial charge in [-0.25, -0.2) is 0 Å². The first-order valence-corrected chi connectivity index (χ1v) is 5.23. The molecule has 1 saturated heterocycles. The van der Waals surface area contributed by atoms with Gasteiger partial charge in [-0.05, 0) is 32.7 Å². The highest BCUT2D eigenvalue weighted by molar-refractivity contribution is 5.70. The van der Waals surface area contributed by atoms with E-state index in [2.05, 4.69) is 4.90 Å². The number of hydrogen-bond acceptors (Lipinski definition) is 3. The second-order valence-corrected chi connectivity index (χ2v) is 4.12. The van der Waals surface area contributed by atoms with Gasteiger partial charge in [0.1, 0.15) is 0 Å². The van der Waals surface area contributed by atoms with E-state index < -0.39 is 5.97 Å². The van der Waals surface area contributed by atoms with Crippen molar-refractivity contribution in [1.29, 1.82) is 0 Å². The summed E-state index contributed by atoms with van der Waals surface area (Å²) in [5.41, 5.74) is 0. The van der Waals surface area contributed by atoms with Crippen LogP contribution in [-0.4, -0.2) is 46.8 Å². The number of carboxylic acid groups (broad SMARTS) is 1. The lowest BCUT2D eigenvalue weighted by Crippen LogP contribution is -2.39.